The molecule has 1 saturated heterocycles. The molecular formula is C15H20ClNO3S. The van der Waals surface area contributed by atoms with E-state index >= 15 is 0 Å². The molecule has 0 aromatic heterocycles. The molecule has 0 spiro atoms. The van der Waals surface area contributed by atoms with E-state index in [9.17, 15) is 15.0 Å². The van der Waals surface area contributed by atoms with Gasteiger partial charge in [-0.3, -0.25) is 0 Å². The Morgan fingerprint density at radius 1 is 1.43 bits per heavy atom. The van der Waals surface area contributed by atoms with E-state index in [0.29, 0.717) is 11.6 Å². The lowest BCUT2D eigenvalue weighted by Gasteiger charge is -2.36. The van der Waals surface area contributed by atoms with Crippen molar-refractivity contribution in [1.29, 1.82) is 0 Å². The Kier molecular flexibility index (Phi) is 4.63. The van der Waals surface area contributed by atoms with Crippen molar-refractivity contribution in [2.24, 2.45) is 5.41 Å². The Balaban J connectivity index is 2.24. The van der Waals surface area contributed by atoms with Crippen LogP contribution in [0.2, 0.25) is 5.02 Å². The van der Waals surface area contributed by atoms with Gasteiger partial charge in [0.25, 0.3) is 0 Å². The molecule has 2 rings (SSSR count). The van der Waals surface area contributed by atoms with Gasteiger partial charge in [0.1, 0.15) is 5.75 Å². The summed E-state index contributed by atoms with van der Waals surface area (Å²) in [4.78, 5) is 13.8. The number of amides is 1. The number of phenolic OH excluding ortho intramolecular Hbond substituents is 1. The second-order valence-electron chi connectivity index (χ2n) is 6.35. The molecule has 21 heavy (non-hydrogen) atoms. The van der Waals surface area contributed by atoms with Gasteiger partial charge in [-0.25, -0.2) is 4.79 Å². The van der Waals surface area contributed by atoms with Gasteiger partial charge in [-0.05, 0) is 30.0 Å². The molecule has 1 heterocycles. The molecule has 1 aliphatic rings. The Morgan fingerprint density at radius 3 is 2.62 bits per heavy atom. The molecule has 1 aromatic carbocycles. The van der Waals surface area contributed by atoms with Crippen molar-refractivity contribution < 1.29 is 15.0 Å². The number of nitrogens with zero attached hydrogens (tertiary/aromatic N) is 1. The lowest BCUT2D eigenvalue weighted by Crippen LogP contribution is -2.46. The van der Waals surface area contributed by atoms with E-state index in [4.69, 9.17) is 11.6 Å². The highest BCUT2D eigenvalue weighted by Crippen LogP contribution is 2.43. The summed E-state index contributed by atoms with van der Waals surface area (Å²) in [6.07, 6.45) is -0.0642. The average molecular weight is 330 g/mol. The van der Waals surface area contributed by atoms with E-state index in [1.165, 1.54) is 11.0 Å². The number of carboxylic acid groups (broad SMARTS) is 1. The van der Waals surface area contributed by atoms with Gasteiger partial charge in [0.15, 0.2) is 0 Å². The molecule has 1 fully saturated rings. The third-order valence-electron chi connectivity index (χ3n) is 3.67. The van der Waals surface area contributed by atoms with Crippen molar-refractivity contribution >= 4 is 29.5 Å². The van der Waals surface area contributed by atoms with Crippen LogP contribution in [0.25, 0.3) is 0 Å². The summed E-state index contributed by atoms with van der Waals surface area (Å²) >= 11 is 7.75. The van der Waals surface area contributed by atoms with Crippen molar-refractivity contribution in [3.05, 3.63) is 23.2 Å². The molecule has 1 aromatic rings. The quantitative estimate of drug-likeness (QED) is 0.849. The van der Waals surface area contributed by atoms with E-state index in [2.05, 4.69) is 20.8 Å². The highest BCUT2D eigenvalue weighted by Gasteiger charge is 2.44. The second kappa shape index (κ2) is 5.97. The Labute approximate surface area is 134 Å². The summed E-state index contributed by atoms with van der Waals surface area (Å²) in [5.74, 6) is 0.135. The number of aromatic hydroxyl groups is 1. The SMILES string of the molecule is CC(C)(C)C1[C@H](Sc2ccc(O)cc2Cl)CCN1C(=O)O. The molecular weight excluding hydrogens is 310 g/mol. The monoisotopic (exact) mass is 329 g/mol. The van der Waals surface area contributed by atoms with Crippen LogP contribution in [0.15, 0.2) is 23.1 Å². The molecule has 1 aliphatic heterocycles. The summed E-state index contributed by atoms with van der Waals surface area (Å²) in [5.41, 5.74) is -0.143. The fourth-order valence-electron chi connectivity index (χ4n) is 2.88. The summed E-state index contributed by atoms with van der Waals surface area (Å²) in [7, 11) is 0. The minimum atomic E-state index is -0.866. The number of halogens is 1. The van der Waals surface area contributed by atoms with Crippen LogP contribution < -0.4 is 0 Å². The Bertz CT molecular complexity index is 544. The molecule has 0 saturated carbocycles. The first-order valence-electron chi connectivity index (χ1n) is 6.85. The van der Waals surface area contributed by atoms with Gasteiger partial charge in [-0.15, -0.1) is 11.8 Å². The van der Waals surface area contributed by atoms with Crippen LogP contribution in [0.4, 0.5) is 4.79 Å². The van der Waals surface area contributed by atoms with Crippen molar-refractivity contribution in [3.8, 4) is 5.75 Å². The topological polar surface area (TPSA) is 60.8 Å². The third-order valence-corrected chi connectivity index (χ3v) is 5.50. The highest BCUT2D eigenvalue weighted by molar-refractivity contribution is 8.00. The van der Waals surface area contributed by atoms with Crippen molar-refractivity contribution in [2.75, 3.05) is 6.54 Å². The molecule has 1 unspecified atom stereocenters. The number of hydrogen-bond acceptors (Lipinski definition) is 3. The number of phenols is 1. The summed E-state index contributed by atoms with van der Waals surface area (Å²) in [6.45, 7) is 6.73. The molecule has 6 heteroatoms. The molecule has 0 bridgehead atoms. The Morgan fingerprint density at radius 2 is 2.10 bits per heavy atom. The van der Waals surface area contributed by atoms with Crippen LogP contribution in [-0.4, -0.2) is 39.0 Å². The van der Waals surface area contributed by atoms with E-state index < -0.39 is 6.09 Å². The normalized spacial score (nSPS) is 22.6. The average Bonchev–Trinajstić information content (AvgIpc) is 2.76. The van der Waals surface area contributed by atoms with Crippen molar-refractivity contribution in [3.63, 3.8) is 0 Å². The zero-order chi connectivity index (χ0) is 15.8. The lowest BCUT2D eigenvalue weighted by molar-refractivity contribution is 0.108. The van der Waals surface area contributed by atoms with E-state index in [0.717, 1.165) is 11.3 Å². The number of hydrogen-bond donors (Lipinski definition) is 2. The van der Waals surface area contributed by atoms with Gasteiger partial charge in [-0.1, -0.05) is 32.4 Å². The highest BCUT2D eigenvalue weighted by atomic mass is 35.5. The predicted molar refractivity (Wildman–Crippen MR) is 85.4 cm³/mol. The van der Waals surface area contributed by atoms with Gasteiger partial charge in [0, 0.05) is 16.7 Å². The van der Waals surface area contributed by atoms with E-state index in [1.54, 1.807) is 23.9 Å². The zero-order valence-corrected chi connectivity index (χ0v) is 13.9. The maximum Gasteiger partial charge on any atom is 0.407 e. The van der Waals surface area contributed by atoms with E-state index in [-0.39, 0.29) is 22.5 Å². The minimum absolute atomic E-state index is 0.0649. The lowest BCUT2D eigenvalue weighted by atomic mass is 9.85. The molecule has 0 aliphatic carbocycles. The van der Waals surface area contributed by atoms with Crippen LogP contribution in [0.1, 0.15) is 27.2 Å². The third kappa shape index (κ3) is 3.58. The van der Waals surface area contributed by atoms with Gasteiger partial charge in [0.2, 0.25) is 0 Å². The maximum absolute atomic E-state index is 11.4. The first kappa shape index (κ1) is 16.3. The van der Waals surface area contributed by atoms with Gasteiger partial charge < -0.3 is 15.1 Å². The minimum Gasteiger partial charge on any atom is -0.508 e. The maximum atomic E-state index is 11.4. The summed E-state index contributed by atoms with van der Waals surface area (Å²) in [5, 5.41) is 19.5. The number of likely N-dealkylation sites (tertiary alicyclic amines) is 1. The summed E-state index contributed by atoms with van der Waals surface area (Å²) < 4.78 is 0. The van der Waals surface area contributed by atoms with Gasteiger partial charge in [0.05, 0.1) is 11.1 Å². The largest absolute Gasteiger partial charge is 0.508 e. The van der Waals surface area contributed by atoms with Crippen LogP contribution in [-0.2, 0) is 0 Å². The molecule has 2 atom stereocenters. The van der Waals surface area contributed by atoms with Crippen LogP contribution in [0.3, 0.4) is 0 Å². The fraction of sp³-hybridized carbons (Fsp3) is 0.533. The standard InChI is InChI=1S/C15H20ClNO3S/c1-15(2,3)13-12(6-7-17(13)14(19)20)21-11-5-4-9(18)8-10(11)16/h4-5,8,12-13,18H,6-7H2,1-3H3,(H,19,20)/t12-,13?/m1/s1. The molecule has 0 radical (unpaired) electrons. The number of benzene rings is 1. The molecule has 4 nitrogen and oxygen atoms in total. The van der Waals surface area contributed by atoms with E-state index in [1.807, 2.05) is 0 Å². The zero-order valence-electron chi connectivity index (χ0n) is 12.3. The number of carbonyl (C=O) groups is 1. The van der Waals surface area contributed by atoms with Gasteiger partial charge >= 0.3 is 6.09 Å². The van der Waals surface area contributed by atoms with Crippen LogP contribution in [0.5, 0.6) is 5.75 Å². The van der Waals surface area contributed by atoms with Crippen molar-refractivity contribution in [2.45, 2.75) is 43.4 Å². The number of thioether (sulfide) groups is 1. The smallest absolute Gasteiger partial charge is 0.407 e. The number of rotatable bonds is 2. The second-order valence-corrected chi connectivity index (χ2v) is 8.03. The van der Waals surface area contributed by atoms with Crippen LogP contribution >= 0.6 is 23.4 Å². The Hall–Kier alpha value is -1.07. The van der Waals surface area contributed by atoms with Crippen LogP contribution in [0, 0.1) is 5.41 Å². The van der Waals surface area contributed by atoms with Gasteiger partial charge in [-0.2, -0.15) is 0 Å². The molecule has 2 N–H and O–H groups in total. The molecule has 116 valence electrons. The predicted octanol–water partition coefficient (Wildman–Crippen LogP) is 4.30. The first-order valence-corrected chi connectivity index (χ1v) is 8.10. The molecule has 1 amide bonds. The fourth-order valence-corrected chi connectivity index (χ4v) is 4.74. The summed E-state index contributed by atoms with van der Waals surface area (Å²) in [6, 6.07) is 4.83. The first-order chi connectivity index (χ1) is 9.70. The van der Waals surface area contributed by atoms with Crippen molar-refractivity contribution in [1.82, 2.24) is 4.90 Å².